The molecule has 1 heterocycles. The second-order valence-corrected chi connectivity index (χ2v) is 3.26. The second-order valence-electron chi connectivity index (χ2n) is 3.26. The number of nitrogens with one attached hydrogen (secondary N) is 2. The molecule has 0 saturated heterocycles. The number of hydrogen-bond acceptors (Lipinski definition) is 2. The molecule has 1 aromatic heterocycles. The van der Waals surface area contributed by atoms with Gasteiger partial charge in [-0.1, -0.05) is 0 Å². The molecular weight excluding hydrogens is 221 g/mol. The molecule has 0 atom stereocenters. The second kappa shape index (κ2) is 5.69. The predicted molar refractivity (Wildman–Crippen MR) is 53.0 cm³/mol. The average molecular weight is 235 g/mol. The Labute approximate surface area is 91.6 Å². The monoisotopic (exact) mass is 235 g/mol. The number of methoxy groups -OCH3 is 1. The molecule has 6 heteroatoms. The number of ether oxygens (including phenoxy) is 1. The molecule has 0 fully saturated rings. The Balaban J connectivity index is 2.46. The number of pyridine rings is 1. The minimum absolute atomic E-state index is 0.559. The first-order valence-electron chi connectivity index (χ1n) is 4.86. The lowest BCUT2D eigenvalue weighted by Gasteiger charge is -2.04. The van der Waals surface area contributed by atoms with Crippen molar-refractivity contribution in [1.29, 1.82) is 0 Å². The van der Waals surface area contributed by atoms with Gasteiger partial charge in [0.1, 0.15) is 6.20 Å². The highest BCUT2D eigenvalue weighted by Crippen LogP contribution is 2.27. The van der Waals surface area contributed by atoms with Crippen LogP contribution >= 0.6 is 0 Å². The standard InChI is InChI=1S/C10H13F3N2O/c1-16-6-2-5-14-9-4-3-8(7-15-9)10(11,12)13/h3-4,7H,2,5-6H2,1H3,(H,14,15)/p+1. The highest BCUT2D eigenvalue weighted by molar-refractivity contribution is 5.29. The molecule has 0 aliphatic carbocycles. The number of alkyl halides is 3. The first kappa shape index (κ1) is 12.8. The molecule has 0 aromatic carbocycles. The maximum atomic E-state index is 12.2. The molecule has 1 aromatic rings. The summed E-state index contributed by atoms with van der Waals surface area (Å²) in [4.78, 5) is 2.55. The topological polar surface area (TPSA) is 35.4 Å². The number of halogens is 3. The van der Waals surface area contributed by atoms with Crippen molar-refractivity contribution in [3.05, 3.63) is 23.9 Å². The average Bonchev–Trinajstić information content (AvgIpc) is 2.24. The van der Waals surface area contributed by atoms with E-state index in [1.807, 2.05) is 0 Å². The van der Waals surface area contributed by atoms with E-state index in [4.69, 9.17) is 4.74 Å². The van der Waals surface area contributed by atoms with Gasteiger partial charge in [0.15, 0.2) is 0 Å². The molecule has 0 saturated carbocycles. The van der Waals surface area contributed by atoms with E-state index in [1.54, 1.807) is 7.11 Å². The van der Waals surface area contributed by atoms with Gasteiger partial charge in [0.2, 0.25) is 0 Å². The van der Waals surface area contributed by atoms with Crippen LogP contribution in [-0.4, -0.2) is 20.3 Å². The van der Waals surface area contributed by atoms with Crippen molar-refractivity contribution in [2.45, 2.75) is 12.6 Å². The first-order valence-corrected chi connectivity index (χ1v) is 4.86. The number of aromatic amines is 1. The summed E-state index contributed by atoms with van der Waals surface area (Å²) in [5, 5.41) is 2.96. The van der Waals surface area contributed by atoms with Crippen molar-refractivity contribution in [3.8, 4) is 0 Å². The summed E-state index contributed by atoms with van der Waals surface area (Å²) in [5.74, 6) is 0.559. The van der Waals surface area contributed by atoms with E-state index in [9.17, 15) is 13.2 Å². The fourth-order valence-electron chi connectivity index (χ4n) is 1.15. The molecular formula is C10H14F3N2O+. The van der Waals surface area contributed by atoms with Crippen molar-refractivity contribution < 1.29 is 22.9 Å². The highest BCUT2D eigenvalue weighted by atomic mass is 19.4. The number of H-pyrrole nitrogens is 1. The zero-order chi connectivity index (χ0) is 12.0. The summed E-state index contributed by atoms with van der Waals surface area (Å²) in [7, 11) is 1.60. The highest BCUT2D eigenvalue weighted by Gasteiger charge is 2.31. The van der Waals surface area contributed by atoms with E-state index < -0.39 is 11.7 Å². The predicted octanol–water partition coefficient (Wildman–Crippen LogP) is 1.97. The van der Waals surface area contributed by atoms with Gasteiger partial charge in [-0.05, 0) is 6.07 Å². The van der Waals surface area contributed by atoms with Gasteiger partial charge in [-0.2, -0.15) is 13.2 Å². The molecule has 0 unspecified atom stereocenters. The van der Waals surface area contributed by atoms with Crippen LogP contribution < -0.4 is 10.3 Å². The molecule has 2 N–H and O–H groups in total. The van der Waals surface area contributed by atoms with Gasteiger partial charge in [0, 0.05) is 26.2 Å². The summed E-state index contributed by atoms with van der Waals surface area (Å²) in [5.41, 5.74) is -0.685. The quantitative estimate of drug-likeness (QED) is 0.792. The zero-order valence-corrected chi connectivity index (χ0v) is 8.90. The Morgan fingerprint density at radius 2 is 2.12 bits per heavy atom. The van der Waals surface area contributed by atoms with E-state index in [1.165, 1.54) is 6.07 Å². The van der Waals surface area contributed by atoms with Gasteiger partial charge in [0.05, 0.1) is 12.1 Å². The summed E-state index contributed by atoms with van der Waals surface area (Å²) in [6.45, 7) is 1.27. The maximum Gasteiger partial charge on any atom is 0.419 e. The molecule has 0 radical (unpaired) electrons. The van der Waals surface area contributed by atoms with E-state index in [-0.39, 0.29) is 0 Å². The van der Waals surface area contributed by atoms with Gasteiger partial charge < -0.3 is 4.74 Å². The Kier molecular flexibility index (Phi) is 4.54. The number of hydrogen-bond donors (Lipinski definition) is 1. The third-order valence-electron chi connectivity index (χ3n) is 1.98. The number of rotatable bonds is 5. The molecule has 0 amide bonds. The lowest BCUT2D eigenvalue weighted by molar-refractivity contribution is -0.364. The molecule has 0 spiro atoms. The van der Waals surface area contributed by atoms with E-state index in [0.29, 0.717) is 19.0 Å². The van der Waals surface area contributed by atoms with Gasteiger partial charge in [-0.25, -0.2) is 4.98 Å². The largest absolute Gasteiger partial charge is 0.419 e. The van der Waals surface area contributed by atoms with Crippen molar-refractivity contribution in [2.75, 3.05) is 25.6 Å². The van der Waals surface area contributed by atoms with Crippen LogP contribution in [0.3, 0.4) is 0 Å². The van der Waals surface area contributed by atoms with Crippen LogP contribution in [0.5, 0.6) is 0 Å². The van der Waals surface area contributed by atoms with Crippen LogP contribution in [0.2, 0.25) is 0 Å². The van der Waals surface area contributed by atoms with Crippen LogP contribution in [0.15, 0.2) is 18.3 Å². The van der Waals surface area contributed by atoms with Gasteiger partial charge in [-0.3, -0.25) is 5.32 Å². The molecule has 3 nitrogen and oxygen atoms in total. The summed E-state index contributed by atoms with van der Waals surface area (Å²) >= 11 is 0. The van der Waals surface area contributed by atoms with Crippen LogP contribution in [0.25, 0.3) is 0 Å². The first-order chi connectivity index (χ1) is 7.54. The van der Waals surface area contributed by atoms with Crippen molar-refractivity contribution >= 4 is 5.82 Å². The lowest BCUT2D eigenvalue weighted by atomic mass is 10.3. The van der Waals surface area contributed by atoms with E-state index in [2.05, 4.69) is 10.3 Å². The molecule has 16 heavy (non-hydrogen) atoms. The third-order valence-corrected chi connectivity index (χ3v) is 1.98. The van der Waals surface area contributed by atoms with Crippen molar-refractivity contribution in [3.63, 3.8) is 0 Å². The maximum absolute atomic E-state index is 12.2. The van der Waals surface area contributed by atoms with E-state index in [0.717, 1.165) is 18.7 Å². The minimum Gasteiger partial charge on any atom is -0.385 e. The normalized spacial score (nSPS) is 11.5. The summed E-state index contributed by atoms with van der Waals surface area (Å²) < 4.78 is 41.5. The molecule has 0 aliphatic rings. The van der Waals surface area contributed by atoms with Crippen LogP contribution in [0.4, 0.5) is 19.0 Å². The third kappa shape index (κ3) is 4.06. The Morgan fingerprint density at radius 1 is 1.38 bits per heavy atom. The molecule has 1 rings (SSSR count). The van der Waals surface area contributed by atoms with Crippen LogP contribution in [-0.2, 0) is 10.9 Å². The minimum atomic E-state index is -4.30. The smallest absolute Gasteiger partial charge is 0.385 e. The summed E-state index contributed by atoms with van der Waals surface area (Å²) in [6.07, 6.45) is -2.56. The fraction of sp³-hybridized carbons (Fsp3) is 0.500. The van der Waals surface area contributed by atoms with E-state index >= 15 is 0 Å². The molecule has 0 bridgehead atoms. The van der Waals surface area contributed by atoms with Crippen molar-refractivity contribution in [2.24, 2.45) is 0 Å². The summed E-state index contributed by atoms with van der Waals surface area (Å²) in [6, 6.07) is 2.41. The van der Waals surface area contributed by atoms with Crippen molar-refractivity contribution in [1.82, 2.24) is 0 Å². The fourth-order valence-corrected chi connectivity index (χ4v) is 1.15. The number of anilines is 1. The van der Waals surface area contributed by atoms with Gasteiger partial charge in [-0.15, -0.1) is 0 Å². The Hall–Kier alpha value is -1.30. The Morgan fingerprint density at radius 3 is 2.62 bits per heavy atom. The van der Waals surface area contributed by atoms with Gasteiger partial charge in [0.25, 0.3) is 5.82 Å². The number of aromatic nitrogens is 1. The molecule has 0 aliphatic heterocycles. The van der Waals surface area contributed by atoms with Gasteiger partial charge >= 0.3 is 6.18 Å². The van der Waals surface area contributed by atoms with Crippen LogP contribution in [0.1, 0.15) is 12.0 Å². The molecule has 90 valence electrons. The zero-order valence-electron chi connectivity index (χ0n) is 8.90. The SMILES string of the molecule is COCCCNc1ccc(C(F)(F)F)c[nH+]1. The lowest BCUT2D eigenvalue weighted by Crippen LogP contribution is -2.17. The van der Waals surface area contributed by atoms with Crippen LogP contribution in [0, 0.1) is 0 Å². The Bertz CT molecular complexity index is 311.